The number of hydrogen-bond donors (Lipinski definition) is 2. The highest BCUT2D eigenvalue weighted by molar-refractivity contribution is 6.42. The number of anilines is 5. The Hall–Kier alpha value is -3.57. The first-order valence-electron chi connectivity index (χ1n) is 12.4. The van der Waals surface area contributed by atoms with Gasteiger partial charge in [0.1, 0.15) is 17.9 Å². The van der Waals surface area contributed by atoms with E-state index in [4.69, 9.17) is 37.5 Å². The summed E-state index contributed by atoms with van der Waals surface area (Å²) < 4.78 is 11.2. The Labute approximate surface area is 236 Å². The Morgan fingerprint density at radius 1 is 1.10 bits per heavy atom. The molecule has 0 spiro atoms. The van der Waals surface area contributed by atoms with E-state index < -0.39 is 0 Å². The fourth-order valence-corrected chi connectivity index (χ4v) is 4.88. The molecule has 12 heteroatoms. The summed E-state index contributed by atoms with van der Waals surface area (Å²) in [7, 11) is 1.59. The molecule has 10 nitrogen and oxygen atoms in total. The molecule has 0 radical (unpaired) electrons. The molecule has 3 heterocycles. The van der Waals surface area contributed by atoms with Crippen molar-refractivity contribution >= 4 is 57.8 Å². The molecule has 2 fully saturated rings. The first-order chi connectivity index (χ1) is 19.0. The molecule has 2 aliphatic rings. The lowest BCUT2D eigenvalue weighted by molar-refractivity contribution is -0.111. The Balaban J connectivity index is 1.44. The third kappa shape index (κ3) is 6.04. The lowest BCUT2D eigenvalue weighted by Gasteiger charge is -2.31. The number of methoxy groups -OCH3 is 1. The van der Waals surface area contributed by atoms with Gasteiger partial charge in [-0.05, 0) is 29.8 Å². The zero-order valence-corrected chi connectivity index (χ0v) is 22.8. The van der Waals surface area contributed by atoms with Crippen molar-refractivity contribution < 1.29 is 19.1 Å². The first-order valence-corrected chi connectivity index (χ1v) is 13.2. The van der Waals surface area contributed by atoms with Crippen LogP contribution in [0.2, 0.25) is 10.0 Å². The average molecular weight is 571 g/mol. The van der Waals surface area contributed by atoms with E-state index in [2.05, 4.69) is 32.1 Å². The predicted octanol–water partition coefficient (Wildman–Crippen LogP) is 5.38. The number of hydrogen-bond acceptors (Lipinski definition) is 9. The number of hydroxylamine groups is 1. The highest BCUT2D eigenvalue weighted by atomic mass is 35.5. The molecule has 0 bridgehead atoms. The minimum absolute atomic E-state index is 0.0921. The summed E-state index contributed by atoms with van der Waals surface area (Å²) in [5, 5.41) is 8.94. The molecular weight excluding hydrogens is 543 g/mol. The summed E-state index contributed by atoms with van der Waals surface area (Å²) in [4.78, 5) is 29.1. The number of amides is 1. The van der Waals surface area contributed by atoms with Gasteiger partial charge in [0.25, 0.3) is 0 Å². The number of benzene rings is 2. The quantitative estimate of drug-likeness (QED) is 0.345. The second-order valence-corrected chi connectivity index (χ2v) is 9.70. The molecular formula is C27H28Cl2N6O4. The van der Waals surface area contributed by atoms with Crippen molar-refractivity contribution in [1.82, 2.24) is 9.97 Å². The second-order valence-electron chi connectivity index (χ2n) is 8.89. The normalized spacial score (nSPS) is 17.2. The molecule has 204 valence electrons. The molecule has 5 rings (SSSR count). The number of rotatable bonds is 8. The molecule has 1 atom stereocenters. The van der Waals surface area contributed by atoms with Gasteiger partial charge in [-0.3, -0.25) is 9.63 Å². The van der Waals surface area contributed by atoms with Crippen molar-refractivity contribution in [1.29, 1.82) is 0 Å². The number of carbonyl (C=O) groups excluding carboxylic acids is 1. The van der Waals surface area contributed by atoms with E-state index in [0.29, 0.717) is 71.7 Å². The van der Waals surface area contributed by atoms with E-state index in [-0.39, 0.29) is 11.9 Å². The molecule has 1 aromatic heterocycles. The monoisotopic (exact) mass is 570 g/mol. The molecule has 2 N–H and O–H groups in total. The van der Waals surface area contributed by atoms with Gasteiger partial charge in [0.05, 0.1) is 60.1 Å². The zero-order chi connectivity index (χ0) is 27.4. The van der Waals surface area contributed by atoms with Gasteiger partial charge in [-0.2, -0.15) is 0 Å². The number of ether oxygens (including phenoxy) is 2. The third-order valence-electron chi connectivity index (χ3n) is 6.49. The van der Waals surface area contributed by atoms with E-state index >= 15 is 0 Å². The number of morpholine rings is 1. The maximum Gasteiger partial charge on any atom is 0.247 e. The lowest BCUT2D eigenvalue weighted by atomic mass is 10.0. The van der Waals surface area contributed by atoms with Gasteiger partial charge in [0.2, 0.25) is 5.91 Å². The number of carbonyl (C=O) groups is 1. The van der Waals surface area contributed by atoms with Crippen LogP contribution in [0.15, 0.2) is 55.4 Å². The van der Waals surface area contributed by atoms with Crippen LogP contribution in [-0.2, 0) is 14.4 Å². The van der Waals surface area contributed by atoms with Crippen LogP contribution in [0, 0.1) is 0 Å². The summed E-state index contributed by atoms with van der Waals surface area (Å²) in [6.07, 6.45) is 3.45. The highest BCUT2D eigenvalue weighted by Gasteiger charge is 2.30. The minimum atomic E-state index is -0.315. The molecule has 2 saturated heterocycles. The van der Waals surface area contributed by atoms with Gasteiger partial charge in [-0.25, -0.2) is 15.0 Å². The van der Waals surface area contributed by atoms with Crippen LogP contribution in [0.4, 0.5) is 28.7 Å². The van der Waals surface area contributed by atoms with Gasteiger partial charge in [-0.15, -0.1) is 0 Å². The summed E-state index contributed by atoms with van der Waals surface area (Å²) in [5.41, 5.74) is 3.02. The van der Waals surface area contributed by atoms with Crippen molar-refractivity contribution in [2.24, 2.45) is 0 Å². The fraction of sp³-hybridized carbons (Fsp3) is 0.296. The van der Waals surface area contributed by atoms with Crippen LogP contribution >= 0.6 is 23.2 Å². The lowest BCUT2D eigenvalue weighted by Crippen LogP contribution is -2.36. The van der Waals surface area contributed by atoms with E-state index in [9.17, 15) is 4.79 Å². The van der Waals surface area contributed by atoms with Crippen LogP contribution in [0.3, 0.4) is 0 Å². The van der Waals surface area contributed by atoms with Crippen molar-refractivity contribution in [2.45, 2.75) is 12.5 Å². The van der Waals surface area contributed by atoms with Gasteiger partial charge in [-0.1, -0.05) is 35.8 Å². The van der Waals surface area contributed by atoms with E-state index in [0.717, 1.165) is 17.7 Å². The Morgan fingerprint density at radius 3 is 2.67 bits per heavy atom. The summed E-state index contributed by atoms with van der Waals surface area (Å²) >= 11 is 12.4. The standard InChI is InChI=1S/C27H28Cl2N6O4/c1-3-27(36)33-20-13-21(24(37-2)14-23(20)34-7-10-38-11-8-34)32-25-15-26(31-16-30-25)35-22(6-9-39-35)17-4-5-18(28)19(29)12-17/h3-5,12-16,22H,1,6-11H2,2H3,(H,33,36)(H,30,31,32). The van der Waals surface area contributed by atoms with Gasteiger partial charge < -0.3 is 25.0 Å². The third-order valence-corrected chi connectivity index (χ3v) is 7.23. The summed E-state index contributed by atoms with van der Waals surface area (Å²) in [6.45, 7) is 6.69. The minimum Gasteiger partial charge on any atom is -0.494 e. The maximum absolute atomic E-state index is 12.2. The SMILES string of the molecule is C=CC(=O)Nc1cc(Nc2cc(N3OCCC3c3ccc(Cl)c(Cl)c3)ncn2)c(OC)cc1N1CCOCC1. The van der Waals surface area contributed by atoms with Gasteiger partial charge in [0.15, 0.2) is 5.82 Å². The molecule has 0 saturated carbocycles. The van der Waals surface area contributed by atoms with Crippen LogP contribution in [0.5, 0.6) is 5.75 Å². The topological polar surface area (TPSA) is 101 Å². The first kappa shape index (κ1) is 27.0. The molecule has 1 amide bonds. The summed E-state index contributed by atoms with van der Waals surface area (Å²) in [5.74, 6) is 1.36. The highest BCUT2D eigenvalue weighted by Crippen LogP contribution is 2.40. The molecule has 0 aliphatic carbocycles. The molecule has 2 aliphatic heterocycles. The van der Waals surface area contributed by atoms with Gasteiger partial charge in [0, 0.05) is 31.6 Å². The van der Waals surface area contributed by atoms with Crippen LogP contribution in [0.25, 0.3) is 0 Å². The number of aromatic nitrogens is 2. The second kappa shape index (κ2) is 12.1. The van der Waals surface area contributed by atoms with Crippen molar-refractivity contribution in [3.05, 3.63) is 71.0 Å². The van der Waals surface area contributed by atoms with Crippen molar-refractivity contribution in [3.8, 4) is 5.75 Å². The fourth-order valence-electron chi connectivity index (χ4n) is 4.58. The van der Waals surface area contributed by atoms with Crippen LogP contribution in [0.1, 0.15) is 18.0 Å². The molecule has 2 aromatic carbocycles. The van der Waals surface area contributed by atoms with E-state index in [1.165, 1.54) is 12.4 Å². The van der Waals surface area contributed by atoms with Crippen LogP contribution in [-0.4, -0.2) is 55.9 Å². The summed E-state index contributed by atoms with van der Waals surface area (Å²) in [6, 6.07) is 10.9. The number of nitrogens with zero attached hydrogens (tertiary/aromatic N) is 4. The van der Waals surface area contributed by atoms with E-state index in [1.54, 1.807) is 24.3 Å². The van der Waals surface area contributed by atoms with Crippen molar-refractivity contribution in [2.75, 3.05) is 60.6 Å². The van der Waals surface area contributed by atoms with Crippen molar-refractivity contribution in [3.63, 3.8) is 0 Å². The van der Waals surface area contributed by atoms with Gasteiger partial charge >= 0.3 is 0 Å². The van der Waals surface area contributed by atoms with Crippen LogP contribution < -0.4 is 25.3 Å². The predicted molar refractivity (Wildman–Crippen MR) is 152 cm³/mol. The Kier molecular flexibility index (Phi) is 8.37. The molecule has 39 heavy (non-hydrogen) atoms. The molecule has 3 aromatic rings. The Bertz CT molecular complexity index is 1370. The smallest absolute Gasteiger partial charge is 0.247 e. The Morgan fingerprint density at radius 2 is 1.92 bits per heavy atom. The largest absolute Gasteiger partial charge is 0.494 e. The molecule has 1 unspecified atom stereocenters. The maximum atomic E-state index is 12.2. The number of nitrogens with one attached hydrogen (secondary N) is 2. The van der Waals surface area contributed by atoms with E-state index in [1.807, 2.05) is 24.3 Å². The zero-order valence-electron chi connectivity index (χ0n) is 21.3. The number of halogens is 2. The average Bonchev–Trinajstić information content (AvgIpc) is 3.45.